The molecule has 0 aromatic heterocycles. The molecular formula is C25H26O2. The molecule has 0 aliphatic heterocycles. The fraction of sp³-hybridized carbons (Fsp3) is 0.240. The zero-order valence-electron chi connectivity index (χ0n) is 15.9. The Morgan fingerprint density at radius 2 is 1.22 bits per heavy atom. The van der Waals surface area contributed by atoms with Crippen molar-refractivity contribution in [1.29, 1.82) is 0 Å². The van der Waals surface area contributed by atoms with Crippen molar-refractivity contribution in [1.82, 2.24) is 0 Å². The Kier molecular flexibility index (Phi) is 5.88. The van der Waals surface area contributed by atoms with Crippen LogP contribution in [0.25, 0.3) is 0 Å². The number of carbonyl (C=O) groups excluding carboxylic acids is 1. The van der Waals surface area contributed by atoms with Crippen LogP contribution in [0.3, 0.4) is 0 Å². The van der Waals surface area contributed by atoms with Crippen molar-refractivity contribution in [3.63, 3.8) is 0 Å². The number of rotatable bonds is 7. The normalized spacial score (nSPS) is 11.6. The maximum absolute atomic E-state index is 13.6. The molecule has 0 fully saturated rings. The Hall–Kier alpha value is -2.71. The van der Waals surface area contributed by atoms with E-state index in [2.05, 4.69) is 13.8 Å². The average Bonchev–Trinajstić information content (AvgIpc) is 2.69. The van der Waals surface area contributed by atoms with Crippen molar-refractivity contribution < 1.29 is 9.90 Å². The Morgan fingerprint density at radius 3 is 1.70 bits per heavy atom. The van der Waals surface area contributed by atoms with E-state index in [0.29, 0.717) is 5.56 Å². The number of ketones is 1. The van der Waals surface area contributed by atoms with E-state index in [-0.39, 0.29) is 24.5 Å². The van der Waals surface area contributed by atoms with Crippen molar-refractivity contribution in [2.45, 2.75) is 38.2 Å². The second kappa shape index (κ2) is 8.32. The van der Waals surface area contributed by atoms with E-state index in [4.69, 9.17) is 0 Å². The first kappa shape index (κ1) is 19.1. The third-order valence-electron chi connectivity index (χ3n) is 4.93. The zero-order valence-corrected chi connectivity index (χ0v) is 15.9. The van der Waals surface area contributed by atoms with E-state index in [1.54, 1.807) is 0 Å². The van der Waals surface area contributed by atoms with Crippen molar-refractivity contribution in [2.75, 3.05) is 0 Å². The van der Waals surface area contributed by atoms with Crippen LogP contribution in [0.2, 0.25) is 0 Å². The highest BCUT2D eigenvalue weighted by atomic mass is 16.3. The molecule has 0 amide bonds. The van der Waals surface area contributed by atoms with E-state index >= 15 is 0 Å². The lowest BCUT2D eigenvalue weighted by molar-refractivity contribution is 0.0318. The molecule has 0 unspecified atom stereocenters. The first-order valence-electron chi connectivity index (χ1n) is 9.43. The van der Waals surface area contributed by atoms with Gasteiger partial charge in [0.15, 0.2) is 5.78 Å². The molecule has 138 valence electrons. The molecule has 0 heterocycles. The molecule has 0 saturated carbocycles. The van der Waals surface area contributed by atoms with Crippen LogP contribution in [0, 0.1) is 0 Å². The summed E-state index contributed by atoms with van der Waals surface area (Å²) in [6, 6.07) is 27.1. The lowest BCUT2D eigenvalue weighted by Crippen LogP contribution is -2.43. The van der Waals surface area contributed by atoms with E-state index in [1.165, 1.54) is 0 Å². The number of aliphatic hydroxyl groups is 1. The van der Waals surface area contributed by atoms with Crippen molar-refractivity contribution >= 4 is 5.78 Å². The number of carbonyl (C=O) groups is 1. The van der Waals surface area contributed by atoms with Gasteiger partial charge in [0.2, 0.25) is 0 Å². The number of benzene rings is 3. The predicted octanol–water partition coefficient (Wildman–Crippen LogP) is 5.21. The summed E-state index contributed by atoms with van der Waals surface area (Å²) in [6.07, 6.45) is 0.571. The van der Waals surface area contributed by atoms with Crippen LogP contribution in [0.1, 0.15) is 46.8 Å². The second-order valence-electron chi connectivity index (χ2n) is 7.43. The number of Topliss-reactive ketones (excluding diaryl/α,β-unsaturated/α-hetero) is 1. The largest absolute Gasteiger partial charge is 0.381 e. The molecule has 0 radical (unpaired) electrons. The van der Waals surface area contributed by atoms with Crippen LogP contribution in [-0.4, -0.2) is 16.5 Å². The smallest absolute Gasteiger partial charge is 0.195 e. The van der Waals surface area contributed by atoms with Crippen molar-refractivity contribution in [3.05, 3.63) is 107 Å². The molecule has 27 heavy (non-hydrogen) atoms. The lowest BCUT2D eigenvalue weighted by atomic mass is 9.79. The molecule has 0 atom stereocenters. The van der Waals surface area contributed by atoms with E-state index in [0.717, 1.165) is 16.7 Å². The van der Waals surface area contributed by atoms with Crippen LogP contribution in [0.5, 0.6) is 0 Å². The fourth-order valence-corrected chi connectivity index (χ4v) is 3.55. The minimum absolute atomic E-state index is 0.209. The quantitative estimate of drug-likeness (QED) is 0.589. The molecule has 3 rings (SSSR count). The third-order valence-corrected chi connectivity index (χ3v) is 4.93. The molecule has 2 nitrogen and oxygen atoms in total. The molecule has 3 aromatic rings. The van der Waals surface area contributed by atoms with Crippen LogP contribution in [0.15, 0.2) is 84.9 Å². The zero-order chi connectivity index (χ0) is 19.3. The summed E-state index contributed by atoms with van der Waals surface area (Å²) in [5, 5.41) is 11.6. The van der Waals surface area contributed by atoms with Crippen LogP contribution < -0.4 is 0 Å². The molecule has 0 spiro atoms. The topological polar surface area (TPSA) is 37.3 Å². The van der Waals surface area contributed by atoms with Gasteiger partial charge in [-0.15, -0.1) is 0 Å². The van der Waals surface area contributed by atoms with Crippen molar-refractivity contribution in [2.24, 2.45) is 0 Å². The summed E-state index contributed by atoms with van der Waals surface area (Å²) in [6.45, 7) is 4.14. The first-order chi connectivity index (χ1) is 13.0. The standard InChI is InChI=1S/C25H26O2/c1-19(2)22-15-9-10-16-23(22)24(26)25(27,17-20-11-5-3-6-12-20)18-21-13-7-4-8-14-21/h3-16,19,27H,17-18H2,1-2H3. The maximum atomic E-state index is 13.6. The van der Waals surface area contributed by atoms with Gasteiger partial charge in [-0.05, 0) is 22.6 Å². The Labute approximate surface area is 161 Å². The Balaban J connectivity index is 2.02. The van der Waals surface area contributed by atoms with Gasteiger partial charge >= 0.3 is 0 Å². The first-order valence-corrected chi connectivity index (χ1v) is 9.43. The van der Waals surface area contributed by atoms with Gasteiger partial charge in [-0.25, -0.2) is 0 Å². The molecule has 1 N–H and O–H groups in total. The summed E-state index contributed by atoms with van der Waals surface area (Å²) < 4.78 is 0. The van der Waals surface area contributed by atoms with Gasteiger partial charge in [-0.2, -0.15) is 0 Å². The monoisotopic (exact) mass is 358 g/mol. The van der Waals surface area contributed by atoms with Crippen LogP contribution in [0.4, 0.5) is 0 Å². The second-order valence-corrected chi connectivity index (χ2v) is 7.43. The highest BCUT2D eigenvalue weighted by Crippen LogP contribution is 2.28. The Morgan fingerprint density at radius 1 is 0.778 bits per heavy atom. The molecule has 0 saturated heterocycles. The van der Waals surface area contributed by atoms with Gasteiger partial charge in [0.25, 0.3) is 0 Å². The highest BCUT2D eigenvalue weighted by molar-refractivity contribution is 6.04. The molecule has 0 aliphatic rings. The minimum Gasteiger partial charge on any atom is -0.381 e. The minimum atomic E-state index is -1.49. The molecule has 0 aliphatic carbocycles. The summed E-state index contributed by atoms with van der Waals surface area (Å²) in [7, 11) is 0. The number of hydrogen-bond acceptors (Lipinski definition) is 2. The molecule has 2 heteroatoms. The van der Waals surface area contributed by atoms with Gasteiger partial charge < -0.3 is 5.11 Å². The predicted molar refractivity (Wildman–Crippen MR) is 110 cm³/mol. The van der Waals surface area contributed by atoms with E-state index < -0.39 is 5.60 Å². The van der Waals surface area contributed by atoms with Crippen LogP contribution in [-0.2, 0) is 12.8 Å². The van der Waals surface area contributed by atoms with Gasteiger partial charge in [-0.3, -0.25) is 4.79 Å². The fourth-order valence-electron chi connectivity index (χ4n) is 3.55. The highest BCUT2D eigenvalue weighted by Gasteiger charge is 2.38. The maximum Gasteiger partial charge on any atom is 0.195 e. The average molecular weight is 358 g/mol. The molecule has 3 aromatic carbocycles. The summed E-state index contributed by atoms with van der Waals surface area (Å²) in [5.74, 6) is 0.00218. The van der Waals surface area contributed by atoms with Crippen LogP contribution >= 0.6 is 0 Å². The van der Waals surface area contributed by atoms with E-state index in [9.17, 15) is 9.90 Å². The Bertz CT molecular complexity index is 841. The molecular weight excluding hydrogens is 332 g/mol. The summed E-state index contributed by atoms with van der Waals surface area (Å²) >= 11 is 0. The van der Waals surface area contributed by atoms with Gasteiger partial charge in [0, 0.05) is 18.4 Å². The SMILES string of the molecule is CC(C)c1ccccc1C(=O)C(O)(Cc1ccccc1)Cc1ccccc1. The van der Waals surface area contributed by atoms with E-state index in [1.807, 2.05) is 84.9 Å². The summed E-state index contributed by atoms with van der Waals surface area (Å²) in [4.78, 5) is 13.6. The van der Waals surface area contributed by atoms with Gasteiger partial charge in [0.1, 0.15) is 5.60 Å². The molecule has 0 bridgehead atoms. The summed E-state index contributed by atoms with van der Waals surface area (Å²) in [5.41, 5.74) is 2.00. The van der Waals surface area contributed by atoms with Gasteiger partial charge in [0.05, 0.1) is 0 Å². The van der Waals surface area contributed by atoms with Gasteiger partial charge in [-0.1, -0.05) is 98.8 Å². The lowest BCUT2D eigenvalue weighted by Gasteiger charge is -2.28. The third kappa shape index (κ3) is 4.53. The van der Waals surface area contributed by atoms with Crippen molar-refractivity contribution in [3.8, 4) is 0 Å². The number of hydrogen-bond donors (Lipinski definition) is 1.